The summed E-state index contributed by atoms with van der Waals surface area (Å²) in [5, 5.41) is 2.70. The lowest BCUT2D eigenvalue weighted by Crippen LogP contribution is -2.37. The number of anilines is 1. The Morgan fingerprint density at radius 2 is 2.00 bits per heavy atom. The normalized spacial score (nSPS) is 15.3. The monoisotopic (exact) mass is 269 g/mol. The summed E-state index contributed by atoms with van der Waals surface area (Å²) in [6.45, 7) is -0.271. The van der Waals surface area contributed by atoms with Gasteiger partial charge in [0.15, 0.2) is 0 Å². The third kappa shape index (κ3) is 3.21. The van der Waals surface area contributed by atoms with Crippen LogP contribution in [0.3, 0.4) is 0 Å². The zero-order valence-electron chi connectivity index (χ0n) is 9.72. The first kappa shape index (κ1) is 12.8. The Balaban J connectivity index is 1.98. The topological polar surface area (TPSA) is 101 Å². The first-order valence-electron chi connectivity index (χ1n) is 5.62. The maximum Gasteiger partial charge on any atom is 0.243 e. The third-order valence-electron chi connectivity index (χ3n) is 2.57. The molecular weight excluding hydrogens is 254 g/mol. The van der Waals surface area contributed by atoms with Crippen LogP contribution >= 0.6 is 0 Å². The van der Waals surface area contributed by atoms with Gasteiger partial charge in [-0.3, -0.25) is 4.79 Å². The van der Waals surface area contributed by atoms with Crippen LogP contribution in [0, 0.1) is 0 Å². The Kier molecular flexibility index (Phi) is 3.53. The summed E-state index contributed by atoms with van der Waals surface area (Å²) >= 11 is 0. The Bertz CT molecular complexity index is 552. The summed E-state index contributed by atoms with van der Waals surface area (Å²) < 4.78 is 26.0. The van der Waals surface area contributed by atoms with E-state index in [1.807, 2.05) is 0 Å². The van der Waals surface area contributed by atoms with Gasteiger partial charge in [0.05, 0.1) is 12.2 Å². The predicted molar refractivity (Wildman–Crippen MR) is 67.2 cm³/mol. The molecule has 0 aliphatic heterocycles. The number of amides is 1. The number of hydrogen-bond acceptors (Lipinski definition) is 4. The Labute approximate surface area is 106 Å². The Morgan fingerprint density at radius 1 is 1.33 bits per heavy atom. The van der Waals surface area contributed by atoms with Crippen LogP contribution < -0.4 is 15.8 Å². The lowest BCUT2D eigenvalue weighted by molar-refractivity contribution is -0.120. The number of hydrogen-bond donors (Lipinski definition) is 3. The van der Waals surface area contributed by atoms with Crippen molar-refractivity contribution in [1.82, 2.24) is 10.0 Å². The van der Waals surface area contributed by atoms with Gasteiger partial charge in [0.25, 0.3) is 0 Å². The van der Waals surface area contributed by atoms with Crippen molar-refractivity contribution < 1.29 is 13.2 Å². The van der Waals surface area contributed by atoms with Crippen LogP contribution in [0.15, 0.2) is 29.2 Å². The van der Waals surface area contributed by atoms with Gasteiger partial charge in [0, 0.05) is 6.04 Å². The fourth-order valence-electron chi connectivity index (χ4n) is 1.47. The van der Waals surface area contributed by atoms with Gasteiger partial charge in [-0.2, -0.15) is 0 Å². The molecule has 7 heteroatoms. The van der Waals surface area contributed by atoms with Crippen molar-refractivity contribution in [3.8, 4) is 0 Å². The van der Waals surface area contributed by atoms with E-state index in [1.165, 1.54) is 12.1 Å². The van der Waals surface area contributed by atoms with E-state index in [9.17, 15) is 13.2 Å². The molecule has 1 aliphatic rings. The zero-order chi connectivity index (χ0) is 13.2. The number of rotatable bonds is 5. The molecule has 0 unspecified atom stereocenters. The second-order valence-corrected chi connectivity index (χ2v) is 5.94. The minimum Gasteiger partial charge on any atom is -0.398 e. The van der Waals surface area contributed by atoms with E-state index in [0.717, 1.165) is 12.8 Å². The molecular formula is C11H15N3O3S. The molecule has 18 heavy (non-hydrogen) atoms. The molecule has 0 aromatic heterocycles. The van der Waals surface area contributed by atoms with Crippen LogP contribution in [-0.4, -0.2) is 26.9 Å². The smallest absolute Gasteiger partial charge is 0.243 e. The van der Waals surface area contributed by atoms with Crippen molar-refractivity contribution in [1.29, 1.82) is 0 Å². The molecule has 1 aliphatic carbocycles. The number of nitrogens with two attached hydrogens (primary N) is 1. The van der Waals surface area contributed by atoms with Gasteiger partial charge in [-0.25, -0.2) is 13.1 Å². The Hall–Kier alpha value is -1.60. The second kappa shape index (κ2) is 4.95. The SMILES string of the molecule is Nc1ccccc1S(=O)(=O)NCC(=O)NC1CC1. The highest BCUT2D eigenvalue weighted by Crippen LogP contribution is 2.18. The third-order valence-corrected chi connectivity index (χ3v) is 4.05. The maximum absolute atomic E-state index is 11.9. The van der Waals surface area contributed by atoms with E-state index in [2.05, 4.69) is 10.0 Å². The lowest BCUT2D eigenvalue weighted by Gasteiger charge is -2.08. The van der Waals surface area contributed by atoms with Gasteiger partial charge >= 0.3 is 0 Å². The number of sulfonamides is 1. The molecule has 0 radical (unpaired) electrons. The molecule has 1 fully saturated rings. The molecule has 1 amide bonds. The molecule has 4 N–H and O–H groups in total. The molecule has 6 nitrogen and oxygen atoms in total. The second-order valence-electron chi connectivity index (χ2n) is 4.20. The highest BCUT2D eigenvalue weighted by molar-refractivity contribution is 7.89. The van der Waals surface area contributed by atoms with Gasteiger partial charge in [0.1, 0.15) is 4.90 Å². The highest BCUT2D eigenvalue weighted by atomic mass is 32.2. The van der Waals surface area contributed by atoms with E-state index in [1.54, 1.807) is 12.1 Å². The first-order valence-corrected chi connectivity index (χ1v) is 7.11. The minimum absolute atomic E-state index is 0.00998. The number of nitrogen functional groups attached to an aromatic ring is 1. The number of benzene rings is 1. The molecule has 0 atom stereocenters. The van der Waals surface area contributed by atoms with Crippen molar-refractivity contribution >= 4 is 21.6 Å². The number of carbonyl (C=O) groups is 1. The standard InChI is InChI=1S/C11H15N3O3S/c12-9-3-1-2-4-10(9)18(16,17)13-7-11(15)14-8-5-6-8/h1-4,8,13H,5-7,12H2,(H,14,15). The molecule has 98 valence electrons. The largest absolute Gasteiger partial charge is 0.398 e. The Morgan fingerprint density at radius 3 is 2.61 bits per heavy atom. The van der Waals surface area contributed by atoms with Crippen LogP contribution in [0.25, 0.3) is 0 Å². The van der Waals surface area contributed by atoms with Crippen molar-refractivity contribution in [2.45, 2.75) is 23.8 Å². The number of carbonyl (C=O) groups excluding carboxylic acids is 1. The summed E-state index contributed by atoms with van der Waals surface area (Å²) in [6, 6.07) is 6.34. The van der Waals surface area contributed by atoms with E-state index in [4.69, 9.17) is 5.73 Å². The number of para-hydroxylation sites is 1. The zero-order valence-corrected chi connectivity index (χ0v) is 10.5. The van der Waals surface area contributed by atoms with E-state index in [-0.39, 0.29) is 29.1 Å². The van der Waals surface area contributed by atoms with E-state index < -0.39 is 10.0 Å². The van der Waals surface area contributed by atoms with Crippen LogP contribution in [-0.2, 0) is 14.8 Å². The molecule has 1 aromatic carbocycles. The van der Waals surface area contributed by atoms with Crippen LogP contribution in [0.4, 0.5) is 5.69 Å². The van der Waals surface area contributed by atoms with Gasteiger partial charge in [-0.15, -0.1) is 0 Å². The average Bonchev–Trinajstić information content (AvgIpc) is 3.11. The fourth-order valence-corrected chi connectivity index (χ4v) is 2.58. The predicted octanol–water partition coefficient (Wildman–Crippen LogP) is -0.174. The minimum atomic E-state index is -3.74. The number of nitrogens with one attached hydrogen (secondary N) is 2. The summed E-state index contributed by atoms with van der Waals surface area (Å²) in [5.41, 5.74) is 5.74. The lowest BCUT2D eigenvalue weighted by atomic mass is 10.3. The van der Waals surface area contributed by atoms with E-state index in [0.29, 0.717) is 0 Å². The maximum atomic E-state index is 11.9. The summed E-state index contributed by atoms with van der Waals surface area (Å²) in [6.07, 6.45) is 1.92. The summed E-state index contributed by atoms with van der Waals surface area (Å²) in [5.74, 6) is -0.324. The first-order chi connectivity index (χ1) is 8.49. The average molecular weight is 269 g/mol. The molecule has 0 saturated heterocycles. The quantitative estimate of drug-likeness (QED) is 0.646. The van der Waals surface area contributed by atoms with Crippen LogP contribution in [0.2, 0.25) is 0 Å². The van der Waals surface area contributed by atoms with Crippen LogP contribution in [0.1, 0.15) is 12.8 Å². The highest BCUT2D eigenvalue weighted by Gasteiger charge is 2.24. The fraction of sp³-hybridized carbons (Fsp3) is 0.364. The molecule has 0 spiro atoms. The molecule has 1 aromatic rings. The van der Waals surface area contributed by atoms with Crippen molar-refractivity contribution in [3.05, 3.63) is 24.3 Å². The van der Waals surface area contributed by atoms with Crippen molar-refractivity contribution in [2.75, 3.05) is 12.3 Å². The van der Waals surface area contributed by atoms with Gasteiger partial charge in [0.2, 0.25) is 15.9 Å². The molecule has 0 bridgehead atoms. The molecule has 1 saturated carbocycles. The molecule has 2 rings (SSSR count). The van der Waals surface area contributed by atoms with Gasteiger partial charge in [-0.05, 0) is 25.0 Å². The van der Waals surface area contributed by atoms with Crippen molar-refractivity contribution in [3.63, 3.8) is 0 Å². The molecule has 0 heterocycles. The summed E-state index contributed by atoms with van der Waals surface area (Å²) in [7, 11) is -3.74. The van der Waals surface area contributed by atoms with E-state index >= 15 is 0 Å². The van der Waals surface area contributed by atoms with Gasteiger partial charge in [-0.1, -0.05) is 12.1 Å². The van der Waals surface area contributed by atoms with Crippen LogP contribution in [0.5, 0.6) is 0 Å². The van der Waals surface area contributed by atoms with Gasteiger partial charge < -0.3 is 11.1 Å². The van der Waals surface area contributed by atoms with Crippen molar-refractivity contribution in [2.24, 2.45) is 0 Å². The summed E-state index contributed by atoms with van der Waals surface area (Å²) in [4.78, 5) is 11.4.